The van der Waals surface area contributed by atoms with Crippen molar-refractivity contribution in [2.24, 2.45) is 0 Å². The highest BCUT2D eigenvalue weighted by molar-refractivity contribution is 9.10. The lowest BCUT2D eigenvalue weighted by atomic mass is 10.1. The Bertz CT molecular complexity index is 596. The van der Waals surface area contributed by atoms with Crippen LogP contribution in [0.4, 0.5) is 5.69 Å². The van der Waals surface area contributed by atoms with Gasteiger partial charge in [0, 0.05) is 16.7 Å². The summed E-state index contributed by atoms with van der Waals surface area (Å²) in [7, 11) is 1.70. The topological polar surface area (TPSA) is 21.3 Å². The molecule has 0 saturated carbocycles. The molecule has 2 rings (SSSR count). The molecule has 0 aromatic heterocycles. The van der Waals surface area contributed by atoms with Gasteiger partial charge in [-0.05, 0) is 54.3 Å². The second-order valence-electron chi connectivity index (χ2n) is 4.81. The van der Waals surface area contributed by atoms with Gasteiger partial charge < -0.3 is 10.1 Å². The van der Waals surface area contributed by atoms with Crippen molar-refractivity contribution in [3.05, 3.63) is 57.6 Å². The summed E-state index contributed by atoms with van der Waals surface area (Å²) in [5.74, 6) is 0.937. The third-order valence-corrected chi connectivity index (χ3v) is 3.88. The fraction of sp³-hybridized carbons (Fsp3) is 0.294. The average Bonchev–Trinajstić information content (AvgIpc) is 2.46. The molecule has 0 aliphatic rings. The Morgan fingerprint density at radius 2 is 1.95 bits per heavy atom. The standard InChI is InChI=1S/C17H20BrNO/c1-4-14-10-15(18)6-7-16(14)19-11-13-5-8-17(20-3)12(2)9-13/h5-10,19H,4,11H2,1-3H3. The lowest BCUT2D eigenvalue weighted by molar-refractivity contribution is 0.411. The zero-order chi connectivity index (χ0) is 14.5. The van der Waals surface area contributed by atoms with Gasteiger partial charge in [0.1, 0.15) is 5.75 Å². The molecule has 0 atom stereocenters. The van der Waals surface area contributed by atoms with Crippen molar-refractivity contribution in [1.29, 1.82) is 0 Å². The predicted molar refractivity (Wildman–Crippen MR) is 88.6 cm³/mol. The summed E-state index contributed by atoms with van der Waals surface area (Å²) in [5.41, 5.74) is 4.94. The zero-order valence-corrected chi connectivity index (χ0v) is 13.8. The van der Waals surface area contributed by atoms with Crippen LogP contribution in [0.3, 0.4) is 0 Å². The van der Waals surface area contributed by atoms with Crippen LogP contribution in [0.1, 0.15) is 23.6 Å². The highest BCUT2D eigenvalue weighted by atomic mass is 79.9. The Morgan fingerprint density at radius 3 is 2.60 bits per heavy atom. The van der Waals surface area contributed by atoms with E-state index in [0.29, 0.717) is 0 Å². The molecule has 2 aromatic carbocycles. The summed E-state index contributed by atoms with van der Waals surface area (Å²) < 4.78 is 6.41. The van der Waals surface area contributed by atoms with Gasteiger partial charge in [0.2, 0.25) is 0 Å². The summed E-state index contributed by atoms with van der Waals surface area (Å²) in [6.07, 6.45) is 1.02. The second-order valence-corrected chi connectivity index (χ2v) is 5.73. The molecule has 0 heterocycles. The molecular weight excluding hydrogens is 314 g/mol. The maximum atomic E-state index is 5.29. The number of methoxy groups -OCH3 is 1. The number of benzene rings is 2. The Kier molecular flexibility index (Phi) is 5.07. The van der Waals surface area contributed by atoms with Crippen LogP contribution in [0.5, 0.6) is 5.75 Å². The molecule has 0 fully saturated rings. The van der Waals surface area contributed by atoms with Crippen LogP contribution in [0.25, 0.3) is 0 Å². The lowest BCUT2D eigenvalue weighted by Crippen LogP contribution is -2.02. The number of hydrogen-bond donors (Lipinski definition) is 1. The fourth-order valence-electron chi connectivity index (χ4n) is 2.28. The maximum Gasteiger partial charge on any atom is 0.121 e. The molecule has 0 radical (unpaired) electrons. The van der Waals surface area contributed by atoms with E-state index in [4.69, 9.17) is 4.74 Å². The summed E-state index contributed by atoms with van der Waals surface area (Å²) in [5, 5.41) is 3.51. The highest BCUT2D eigenvalue weighted by Crippen LogP contribution is 2.23. The lowest BCUT2D eigenvalue weighted by Gasteiger charge is -2.13. The van der Waals surface area contributed by atoms with Crippen LogP contribution in [0, 0.1) is 6.92 Å². The van der Waals surface area contributed by atoms with Gasteiger partial charge in [0.25, 0.3) is 0 Å². The Hall–Kier alpha value is -1.48. The smallest absolute Gasteiger partial charge is 0.121 e. The highest BCUT2D eigenvalue weighted by Gasteiger charge is 2.03. The van der Waals surface area contributed by atoms with Crippen molar-refractivity contribution in [1.82, 2.24) is 0 Å². The van der Waals surface area contributed by atoms with E-state index >= 15 is 0 Å². The number of rotatable bonds is 5. The molecule has 0 saturated heterocycles. The van der Waals surface area contributed by atoms with Gasteiger partial charge in [-0.1, -0.05) is 35.0 Å². The van der Waals surface area contributed by atoms with Gasteiger partial charge in [-0.2, -0.15) is 0 Å². The van der Waals surface area contributed by atoms with Crippen molar-refractivity contribution < 1.29 is 4.74 Å². The van der Waals surface area contributed by atoms with Gasteiger partial charge >= 0.3 is 0 Å². The molecule has 0 aliphatic carbocycles. The molecule has 0 amide bonds. The molecular formula is C17H20BrNO. The van der Waals surface area contributed by atoms with Gasteiger partial charge in [-0.15, -0.1) is 0 Å². The molecule has 3 heteroatoms. The SMILES string of the molecule is CCc1cc(Br)ccc1NCc1ccc(OC)c(C)c1. The minimum atomic E-state index is 0.819. The van der Waals surface area contributed by atoms with E-state index in [-0.39, 0.29) is 0 Å². The third-order valence-electron chi connectivity index (χ3n) is 3.39. The minimum absolute atomic E-state index is 0.819. The number of anilines is 1. The maximum absolute atomic E-state index is 5.29. The number of nitrogens with one attached hydrogen (secondary N) is 1. The molecule has 0 unspecified atom stereocenters. The van der Waals surface area contributed by atoms with Gasteiger partial charge in [0.15, 0.2) is 0 Å². The van der Waals surface area contributed by atoms with Crippen molar-refractivity contribution in [2.45, 2.75) is 26.8 Å². The first-order chi connectivity index (χ1) is 9.63. The van der Waals surface area contributed by atoms with Gasteiger partial charge in [-0.25, -0.2) is 0 Å². The molecule has 0 spiro atoms. The van der Waals surface area contributed by atoms with E-state index in [1.807, 2.05) is 6.07 Å². The van der Waals surface area contributed by atoms with Crippen LogP contribution in [-0.2, 0) is 13.0 Å². The largest absolute Gasteiger partial charge is 0.496 e. The first-order valence-electron chi connectivity index (χ1n) is 6.80. The van der Waals surface area contributed by atoms with Crippen molar-refractivity contribution >= 4 is 21.6 Å². The molecule has 1 N–H and O–H groups in total. The first-order valence-corrected chi connectivity index (χ1v) is 7.59. The van der Waals surface area contributed by atoms with E-state index < -0.39 is 0 Å². The van der Waals surface area contributed by atoms with Crippen molar-refractivity contribution in [2.75, 3.05) is 12.4 Å². The zero-order valence-electron chi connectivity index (χ0n) is 12.2. The summed E-state index contributed by atoms with van der Waals surface area (Å²) >= 11 is 3.52. The van der Waals surface area contributed by atoms with Crippen LogP contribution >= 0.6 is 15.9 Å². The van der Waals surface area contributed by atoms with E-state index in [2.05, 4.69) is 65.4 Å². The van der Waals surface area contributed by atoms with E-state index in [0.717, 1.165) is 23.2 Å². The number of ether oxygens (including phenoxy) is 1. The number of halogens is 1. The Labute approximate surface area is 129 Å². The minimum Gasteiger partial charge on any atom is -0.496 e. The van der Waals surface area contributed by atoms with Crippen LogP contribution < -0.4 is 10.1 Å². The fourth-order valence-corrected chi connectivity index (χ4v) is 2.68. The van der Waals surface area contributed by atoms with Gasteiger partial charge in [-0.3, -0.25) is 0 Å². The van der Waals surface area contributed by atoms with Crippen LogP contribution in [-0.4, -0.2) is 7.11 Å². The normalized spacial score (nSPS) is 10.4. The molecule has 2 aromatic rings. The van der Waals surface area contributed by atoms with Crippen LogP contribution in [0.15, 0.2) is 40.9 Å². The van der Waals surface area contributed by atoms with Crippen molar-refractivity contribution in [3.63, 3.8) is 0 Å². The first kappa shape index (κ1) is 14.9. The summed E-state index contributed by atoms with van der Waals surface area (Å²) in [6.45, 7) is 5.06. The second kappa shape index (κ2) is 6.80. The van der Waals surface area contributed by atoms with Gasteiger partial charge in [0.05, 0.1) is 7.11 Å². The molecule has 106 valence electrons. The van der Waals surface area contributed by atoms with E-state index in [9.17, 15) is 0 Å². The van der Waals surface area contributed by atoms with E-state index in [1.54, 1.807) is 7.11 Å². The quantitative estimate of drug-likeness (QED) is 0.836. The Morgan fingerprint density at radius 1 is 1.15 bits per heavy atom. The summed E-state index contributed by atoms with van der Waals surface area (Å²) in [6, 6.07) is 12.6. The predicted octanol–water partition coefficient (Wildman–Crippen LogP) is 4.94. The molecule has 2 nitrogen and oxygen atoms in total. The summed E-state index contributed by atoms with van der Waals surface area (Å²) in [4.78, 5) is 0. The molecule has 20 heavy (non-hydrogen) atoms. The van der Waals surface area contributed by atoms with E-state index in [1.165, 1.54) is 22.4 Å². The molecule has 0 aliphatic heterocycles. The molecule has 0 bridgehead atoms. The average molecular weight is 334 g/mol. The number of aryl methyl sites for hydroxylation is 2. The third kappa shape index (κ3) is 3.54. The Balaban J connectivity index is 2.10. The van der Waals surface area contributed by atoms with Crippen molar-refractivity contribution in [3.8, 4) is 5.75 Å². The van der Waals surface area contributed by atoms with Crippen LogP contribution in [0.2, 0.25) is 0 Å². The monoisotopic (exact) mass is 333 g/mol. The number of hydrogen-bond acceptors (Lipinski definition) is 2.